The van der Waals surface area contributed by atoms with Gasteiger partial charge in [-0.3, -0.25) is 9.52 Å². The van der Waals surface area contributed by atoms with Gasteiger partial charge in [0.25, 0.3) is 10.0 Å². The molecule has 180 valence electrons. The number of aromatic nitrogens is 2. The molecule has 0 spiro atoms. The van der Waals surface area contributed by atoms with Crippen LogP contribution in [0.25, 0.3) is 10.4 Å². The van der Waals surface area contributed by atoms with Crippen LogP contribution < -0.4 is 14.8 Å². The fraction of sp³-hybridized carbons (Fsp3) is 0.125. The van der Waals surface area contributed by atoms with Gasteiger partial charge in [-0.1, -0.05) is 53.3 Å². The summed E-state index contributed by atoms with van der Waals surface area (Å²) >= 11 is 7.44. The van der Waals surface area contributed by atoms with E-state index in [2.05, 4.69) is 20.0 Å². The highest BCUT2D eigenvalue weighted by molar-refractivity contribution is 7.92. The molecule has 0 bridgehead atoms. The van der Waals surface area contributed by atoms with Crippen LogP contribution in [-0.4, -0.2) is 31.4 Å². The van der Waals surface area contributed by atoms with Crippen molar-refractivity contribution in [1.29, 1.82) is 0 Å². The Morgan fingerprint density at radius 2 is 1.83 bits per heavy atom. The molecule has 2 heterocycles. The standard InChI is InChI=1S/C24H21ClN4O4S2/c1-15-22(34-24(27-15)28-21(30)12-16-8-10-18(33-2)11-9-16)17-13-20(23(25)26-14-17)29-35(31,32)19-6-4-3-5-7-19/h3-11,13-14,29H,12H2,1-2H3,(H,27,28,30). The number of thiazole rings is 1. The molecule has 0 aliphatic rings. The average Bonchev–Trinajstić information content (AvgIpc) is 3.21. The third-order valence-electron chi connectivity index (χ3n) is 4.97. The molecule has 0 aliphatic carbocycles. The van der Waals surface area contributed by atoms with E-state index >= 15 is 0 Å². The Hall–Kier alpha value is -3.47. The lowest BCUT2D eigenvalue weighted by Crippen LogP contribution is -2.14. The Bertz CT molecular complexity index is 1460. The van der Waals surface area contributed by atoms with Crippen LogP contribution >= 0.6 is 22.9 Å². The molecule has 0 fully saturated rings. The number of carbonyl (C=O) groups excluding carboxylic acids is 1. The molecule has 0 saturated heterocycles. The van der Waals surface area contributed by atoms with E-state index in [1.54, 1.807) is 50.4 Å². The second-order valence-electron chi connectivity index (χ2n) is 7.49. The first-order valence-electron chi connectivity index (χ1n) is 10.4. The summed E-state index contributed by atoms with van der Waals surface area (Å²) in [5, 5.41) is 3.26. The summed E-state index contributed by atoms with van der Waals surface area (Å²) in [7, 11) is -2.26. The summed E-state index contributed by atoms with van der Waals surface area (Å²) in [5.41, 5.74) is 2.27. The van der Waals surface area contributed by atoms with Gasteiger partial charge >= 0.3 is 0 Å². The predicted octanol–water partition coefficient (Wildman–Crippen LogP) is 5.16. The van der Waals surface area contributed by atoms with Crippen LogP contribution in [0.3, 0.4) is 0 Å². The van der Waals surface area contributed by atoms with Crippen LogP contribution in [0.1, 0.15) is 11.3 Å². The van der Waals surface area contributed by atoms with Crippen LogP contribution in [0.15, 0.2) is 71.8 Å². The van der Waals surface area contributed by atoms with Crippen molar-refractivity contribution in [3.63, 3.8) is 0 Å². The largest absolute Gasteiger partial charge is 0.497 e. The molecule has 0 saturated carbocycles. The molecular weight excluding hydrogens is 508 g/mol. The summed E-state index contributed by atoms with van der Waals surface area (Å²) in [4.78, 5) is 21.9. The topological polar surface area (TPSA) is 110 Å². The van der Waals surface area contributed by atoms with E-state index in [9.17, 15) is 13.2 Å². The number of aryl methyl sites for hydroxylation is 1. The molecule has 8 nitrogen and oxygen atoms in total. The summed E-state index contributed by atoms with van der Waals surface area (Å²) in [6.07, 6.45) is 1.72. The summed E-state index contributed by atoms with van der Waals surface area (Å²) in [5.74, 6) is 0.511. The van der Waals surface area contributed by atoms with E-state index in [0.717, 1.165) is 16.2 Å². The number of hydrogen-bond donors (Lipinski definition) is 2. The zero-order valence-corrected chi connectivity index (χ0v) is 21.2. The minimum atomic E-state index is -3.84. The van der Waals surface area contributed by atoms with E-state index in [1.807, 2.05) is 12.1 Å². The van der Waals surface area contributed by atoms with Gasteiger partial charge in [-0.05, 0) is 42.8 Å². The SMILES string of the molecule is COc1ccc(CC(=O)Nc2nc(C)c(-c3cnc(Cl)c(NS(=O)(=O)c4ccccc4)c3)s2)cc1. The van der Waals surface area contributed by atoms with E-state index in [0.29, 0.717) is 16.4 Å². The highest BCUT2D eigenvalue weighted by Crippen LogP contribution is 2.35. The van der Waals surface area contributed by atoms with E-state index in [1.165, 1.54) is 29.7 Å². The van der Waals surface area contributed by atoms with Gasteiger partial charge in [-0.25, -0.2) is 18.4 Å². The summed E-state index contributed by atoms with van der Waals surface area (Å²) in [6.45, 7) is 1.80. The fourth-order valence-electron chi connectivity index (χ4n) is 3.26. The lowest BCUT2D eigenvalue weighted by Gasteiger charge is -2.10. The number of ether oxygens (including phenoxy) is 1. The molecule has 11 heteroatoms. The number of nitrogens with zero attached hydrogens (tertiary/aromatic N) is 2. The monoisotopic (exact) mass is 528 g/mol. The maximum atomic E-state index is 12.7. The Balaban J connectivity index is 1.52. The molecule has 4 aromatic rings. The number of hydrogen-bond acceptors (Lipinski definition) is 7. The molecule has 0 unspecified atom stereocenters. The second kappa shape index (κ2) is 10.4. The molecule has 0 radical (unpaired) electrons. The van der Waals surface area contributed by atoms with Gasteiger partial charge in [0.1, 0.15) is 5.75 Å². The van der Waals surface area contributed by atoms with Gasteiger partial charge < -0.3 is 10.1 Å². The number of amides is 1. The predicted molar refractivity (Wildman–Crippen MR) is 138 cm³/mol. The first-order valence-corrected chi connectivity index (χ1v) is 13.1. The highest BCUT2D eigenvalue weighted by atomic mass is 35.5. The van der Waals surface area contributed by atoms with Gasteiger partial charge in [0.15, 0.2) is 10.3 Å². The number of rotatable bonds is 8. The molecule has 2 N–H and O–H groups in total. The van der Waals surface area contributed by atoms with Crippen molar-refractivity contribution < 1.29 is 17.9 Å². The third kappa shape index (κ3) is 5.97. The lowest BCUT2D eigenvalue weighted by atomic mass is 10.1. The molecule has 2 aromatic heterocycles. The number of pyridine rings is 1. The third-order valence-corrected chi connectivity index (χ3v) is 7.77. The lowest BCUT2D eigenvalue weighted by molar-refractivity contribution is -0.115. The van der Waals surface area contributed by atoms with Crippen molar-refractivity contribution in [3.05, 3.63) is 83.3 Å². The molecule has 0 atom stereocenters. The molecule has 35 heavy (non-hydrogen) atoms. The van der Waals surface area contributed by atoms with Gasteiger partial charge in [-0.2, -0.15) is 0 Å². The number of sulfonamides is 1. The maximum absolute atomic E-state index is 12.7. The van der Waals surface area contributed by atoms with E-state index in [4.69, 9.17) is 16.3 Å². The fourth-order valence-corrected chi connectivity index (χ4v) is 5.51. The number of carbonyl (C=O) groups is 1. The smallest absolute Gasteiger partial charge is 0.261 e. The summed E-state index contributed by atoms with van der Waals surface area (Å²) in [6, 6.07) is 16.8. The van der Waals surface area contributed by atoms with Gasteiger partial charge in [0.05, 0.1) is 34.7 Å². The minimum absolute atomic E-state index is 0.0171. The molecule has 0 aliphatic heterocycles. The maximum Gasteiger partial charge on any atom is 0.261 e. The van der Waals surface area contributed by atoms with Crippen molar-refractivity contribution in [3.8, 4) is 16.2 Å². The minimum Gasteiger partial charge on any atom is -0.497 e. The molecule has 2 aromatic carbocycles. The Morgan fingerprint density at radius 3 is 2.51 bits per heavy atom. The molecule has 4 rings (SSSR count). The van der Waals surface area contributed by atoms with Crippen LogP contribution in [0, 0.1) is 6.92 Å². The Kier molecular flexibility index (Phi) is 7.34. The first-order chi connectivity index (χ1) is 16.7. The zero-order chi connectivity index (χ0) is 25.0. The Labute approximate surface area is 212 Å². The quantitative estimate of drug-likeness (QED) is 0.306. The van der Waals surface area contributed by atoms with Crippen LogP contribution in [-0.2, 0) is 21.2 Å². The summed E-state index contributed by atoms with van der Waals surface area (Å²) < 4.78 is 33.1. The van der Waals surface area contributed by atoms with Crippen LogP contribution in [0.5, 0.6) is 5.75 Å². The molecular formula is C24H21ClN4O4S2. The highest BCUT2D eigenvalue weighted by Gasteiger charge is 2.18. The van der Waals surface area contributed by atoms with E-state index < -0.39 is 10.0 Å². The molecule has 1 amide bonds. The first kappa shape index (κ1) is 24.6. The number of benzene rings is 2. The Morgan fingerprint density at radius 1 is 1.11 bits per heavy atom. The number of halogens is 1. The van der Waals surface area contributed by atoms with Gasteiger partial charge in [-0.15, -0.1) is 0 Å². The van der Waals surface area contributed by atoms with Crippen molar-refractivity contribution in [2.45, 2.75) is 18.2 Å². The normalized spacial score (nSPS) is 11.2. The number of nitrogens with one attached hydrogen (secondary N) is 2. The van der Waals surface area contributed by atoms with Gasteiger partial charge in [0, 0.05) is 11.8 Å². The average molecular weight is 529 g/mol. The van der Waals surface area contributed by atoms with Crippen molar-refractivity contribution in [2.24, 2.45) is 0 Å². The van der Waals surface area contributed by atoms with Crippen molar-refractivity contribution >= 4 is 49.7 Å². The van der Waals surface area contributed by atoms with Crippen molar-refractivity contribution in [2.75, 3.05) is 17.1 Å². The van der Waals surface area contributed by atoms with Crippen molar-refractivity contribution in [1.82, 2.24) is 9.97 Å². The second-order valence-corrected chi connectivity index (χ2v) is 10.5. The zero-order valence-electron chi connectivity index (χ0n) is 18.8. The van der Waals surface area contributed by atoms with Crippen LogP contribution in [0.4, 0.5) is 10.8 Å². The van der Waals surface area contributed by atoms with E-state index in [-0.39, 0.29) is 28.1 Å². The van der Waals surface area contributed by atoms with Crippen LogP contribution in [0.2, 0.25) is 5.15 Å². The van der Waals surface area contributed by atoms with Gasteiger partial charge in [0.2, 0.25) is 5.91 Å². The number of anilines is 2. The number of methoxy groups -OCH3 is 1.